The van der Waals surface area contributed by atoms with Crippen LogP contribution in [0.15, 0.2) is 0 Å². The van der Waals surface area contributed by atoms with Gasteiger partial charge in [0.2, 0.25) is 0 Å². The van der Waals surface area contributed by atoms with Crippen LogP contribution in [-0.2, 0) is 6.61 Å². The number of aromatic nitrogens is 2. The number of hydrogen-bond donors (Lipinski definition) is 1. The van der Waals surface area contributed by atoms with E-state index in [9.17, 15) is 0 Å². The van der Waals surface area contributed by atoms with Crippen molar-refractivity contribution in [2.24, 2.45) is 0 Å². The second-order valence-electron chi connectivity index (χ2n) is 2.46. The molecular weight excluding hydrogens is 176 g/mol. The SMILES string of the molecule is CCC(C)Oc1nnc(CO)s1. The van der Waals surface area contributed by atoms with Gasteiger partial charge < -0.3 is 9.84 Å². The Morgan fingerprint density at radius 1 is 1.58 bits per heavy atom. The monoisotopic (exact) mass is 188 g/mol. The molecule has 0 bridgehead atoms. The number of aliphatic hydroxyl groups is 1. The van der Waals surface area contributed by atoms with E-state index in [4.69, 9.17) is 9.84 Å². The number of hydrogen-bond acceptors (Lipinski definition) is 5. The molecule has 0 spiro atoms. The van der Waals surface area contributed by atoms with E-state index in [2.05, 4.69) is 10.2 Å². The summed E-state index contributed by atoms with van der Waals surface area (Å²) in [6, 6.07) is 0. The molecule has 0 amide bonds. The molecule has 68 valence electrons. The average Bonchev–Trinajstić information content (AvgIpc) is 2.52. The van der Waals surface area contributed by atoms with Crippen LogP contribution in [0.25, 0.3) is 0 Å². The number of rotatable bonds is 4. The van der Waals surface area contributed by atoms with Crippen molar-refractivity contribution in [3.8, 4) is 5.19 Å². The van der Waals surface area contributed by atoms with Crippen LogP contribution in [0.5, 0.6) is 5.19 Å². The summed E-state index contributed by atoms with van der Waals surface area (Å²) in [5.41, 5.74) is 0. The zero-order valence-electron chi connectivity index (χ0n) is 7.15. The van der Waals surface area contributed by atoms with Crippen LogP contribution in [-0.4, -0.2) is 21.4 Å². The molecule has 1 aromatic heterocycles. The quantitative estimate of drug-likeness (QED) is 0.771. The standard InChI is InChI=1S/C7H12N2O2S/c1-3-5(2)11-7-9-8-6(4-10)12-7/h5,10H,3-4H2,1-2H3. The molecule has 0 aliphatic rings. The molecular formula is C7H12N2O2S. The van der Waals surface area contributed by atoms with Gasteiger partial charge >= 0.3 is 0 Å². The highest BCUT2D eigenvalue weighted by Crippen LogP contribution is 2.19. The van der Waals surface area contributed by atoms with Crippen LogP contribution in [0.3, 0.4) is 0 Å². The lowest BCUT2D eigenvalue weighted by Crippen LogP contribution is -2.09. The highest BCUT2D eigenvalue weighted by molar-refractivity contribution is 7.13. The van der Waals surface area contributed by atoms with Gasteiger partial charge in [-0.25, -0.2) is 0 Å². The summed E-state index contributed by atoms with van der Waals surface area (Å²) >= 11 is 1.28. The maximum absolute atomic E-state index is 8.69. The fourth-order valence-electron chi connectivity index (χ4n) is 0.605. The molecule has 0 aliphatic heterocycles. The van der Waals surface area contributed by atoms with Gasteiger partial charge in [0.25, 0.3) is 5.19 Å². The average molecular weight is 188 g/mol. The predicted octanol–water partition coefficient (Wildman–Crippen LogP) is 1.21. The summed E-state index contributed by atoms with van der Waals surface area (Å²) in [4.78, 5) is 0. The van der Waals surface area contributed by atoms with Crippen LogP contribution in [0.2, 0.25) is 0 Å². The Bertz CT molecular complexity index is 239. The summed E-state index contributed by atoms with van der Waals surface area (Å²) in [6.45, 7) is 3.94. The highest BCUT2D eigenvalue weighted by atomic mass is 32.1. The largest absolute Gasteiger partial charge is 0.466 e. The van der Waals surface area contributed by atoms with Crippen LogP contribution < -0.4 is 4.74 Å². The Labute approximate surface area is 75.2 Å². The fraction of sp³-hybridized carbons (Fsp3) is 0.714. The first-order valence-electron chi connectivity index (χ1n) is 3.86. The van der Waals surface area contributed by atoms with Gasteiger partial charge in [0, 0.05) is 0 Å². The van der Waals surface area contributed by atoms with Crippen molar-refractivity contribution in [3.63, 3.8) is 0 Å². The smallest absolute Gasteiger partial charge is 0.294 e. The molecule has 1 aromatic rings. The minimum absolute atomic E-state index is 0.0679. The first-order valence-corrected chi connectivity index (χ1v) is 4.67. The van der Waals surface area contributed by atoms with Gasteiger partial charge in [0.15, 0.2) is 0 Å². The summed E-state index contributed by atoms with van der Waals surface area (Å²) in [6.07, 6.45) is 1.10. The third kappa shape index (κ3) is 2.42. The van der Waals surface area contributed by atoms with E-state index < -0.39 is 0 Å². The molecule has 1 unspecified atom stereocenters. The minimum Gasteiger partial charge on any atom is -0.466 e. The first kappa shape index (κ1) is 9.41. The van der Waals surface area contributed by atoms with Gasteiger partial charge in [-0.3, -0.25) is 0 Å². The zero-order chi connectivity index (χ0) is 8.97. The van der Waals surface area contributed by atoms with E-state index in [1.807, 2.05) is 13.8 Å². The lowest BCUT2D eigenvalue weighted by atomic mass is 10.3. The van der Waals surface area contributed by atoms with Gasteiger partial charge in [-0.2, -0.15) is 0 Å². The Morgan fingerprint density at radius 2 is 2.33 bits per heavy atom. The van der Waals surface area contributed by atoms with Crippen molar-refractivity contribution >= 4 is 11.3 Å². The number of nitrogens with zero attached hydrogens (tertiary/aromatic N) is 2. The van der Waals surface area contributed by atoms with Crippen molar-refractivity contribution in [2.75, 3.05) is 0 Å². The van der Waals surface area contributed by atoms with E-state index in [1.165, 1.54) is 11.3 Å². The van der Waals surface area contributed by atoms with Gasteiger partial charge in [-0.15, -0.1) is 5.10 Å². The molecule has 0 fully saturated rings. The van der Waals surface area contributed by atoms with E-state index in [-0.39, 0.29) is 12.7 Å². The Morgan fingerprint density at radius 3 is 2.83 bits per heavy atom. The third-order valence-electron chi connectivity index (χ3n) is 1.46. The maximum Gasteiger partial charge on any atom is 0.294 e. The first-order chi connectivity index (χ1) is 5.76. The van der Waals surface area contributed by atoms with Crippen molar-refractivity contribution in [3.05, 3.63) is 5.01 Å². The summed E-state index contributed by atoms with van der Waals surface area (Å²) in [7, 11) is 0. The van der Waals surface area contributed by atoms with Crippen molar-refractivity contribution < 1.29 is 9.84 Å². The Kier molecular flexibility index (Phi) is 3.43. The molecule has 0 saturated heterocycles. The van der Waals surface area contributed by atoms with Crippen molar-refractivity contribution in [1.82, 2.24) is 10.2 Å². The molecule has 1 atom stereocenters. The fourth-order valence-corrected chi connectivity index (χ4v) is 1.25. The molecule has 4 nitrogen and oxygen atoms in total. The van der Waals surface area contributed by atoms with E-state index in [1.54, 1.807) is 0 Å². The van der Waals surface area contributed by atoms with Crippen molar-refractivity contribution in [2.45, 2.75) is 33.0 Å². The second kappa shape index (κ2) is 4.37. The molecule has 0 radical (unpaired) electrons. The normalized spacial score (nSPS) is 12.9. The van der Waals surface area contributed by atoms with Crippen LogP contribution >= 0.6 is 11.3 Å². The molecule has 0 saturated carbocycles. The third-order valence-corrected chi connectivity index (χ3v) is 2.26. The van der Waals surface area contributed by atoms with Crippen LogP contribution in [0, 0.1) is 0 Å². The lowest BCUT2D eigenvalue weighted by Gasteiger charge is -2.07. The number of aliphatic hydroxyl groups excluding tert-OH is 1. The molecule has 1 rings (SSSR count). The Hall–Kier alpha value is -0.680. The van der Waals surface area contributed by atoms with Gasteiger partial charge in [0.1, 0.15) is 5.01 Å². The zero-order valence-corrected chi connectivity index (χ0v) is 7.97. The van der Waals surface area contributed by atoms with Gasteiger partial charge in [0.05, 0.1) is 12.7 Å². The van der Waals surface area contributed by atoms with Crippen molar-refractivity contribution in [1.29, 1.82) is 0 Å². The highest BCUT2D eigenvalue weighted by Gasteiger charge is 2.06. The summed E-state index contributed by atoms with van der Waals surface area (Å²) < 4.78 is 5.38. The molecule has 0 aromatic carbocycles. The van der Waals surface area contributed by atoms with Gasteiger partial charge in [-0.1, -0.05) is 23.4 Å². The lowest BCUT2D eigenvalue weighted by molar-refractivity contribution is 0.214. The topological polar surface area (TPSA) is 55.2 Å². The second-order valence-corrected chi connectivity index (χ2v) is 3.48. The molecule has 0 aliphatic carbocycles. The summed E-state index contributed by atoms with van der Waals surface area (Å²) in [5.74, 6) is 0. The Balaban J connectivity index is 2.52. The van der Waals surface area contributed by atoms with Gasteiger partial charge in [-0.05, 0) is 13.3 Å². The molecule has 1 heterocycles. The van der Waals surface area contributed by atoms with E-state index in [0.717, 1.165) is 6.42 Å². The van der Waals surface area contributed by atoms with E-state index >= 15 is 0 Å². The minimum atomic E-state index is -0.0679. The predicted molar refractivity (Wildman–Crippen MR) is 46.2 cm³/mol. The van der Waals surface area contributed by atoms with E-state index in [0.29, 0.717) is 10.2 Å². The maximum atomic E-state index is 8.69. The van der Waals surface area contributed by atoms with Crippen LogP contribution in [0.4, 0.5) is 0 Å². The van der Waals surface area contributed by atoms with Crippen LogP contribution in [0.1, 0.15) is 25.3 Å². The molecule has 12 heavy (non-hydrogen) atoms. The summed E-state index contributed by atoms with van der Waals surface area (Å²) in [5, 5.41) is 17.3. The molecule has 5 heteroatoms. The molecule has 1 N–H and O–H groups in total. The number of ether oxygens (including phenoxy) is 1.